The molecule has 0 bridgehead atoms. The van der Waals surface area contributed by atoms with Gasteiger partial charge in [0.05, 0.1) is 8.96 Å². The van der Waals surface area contributed by atoms with Crippen molar-refractivity contribution < 1.29 is 4.79 Å². The van der Waals surface area contributed by atoms with Gasteiger partial charge in [-0.05, 0) is 77.4 Å². The summed E-state index contributed by atoms with van der Waals surface area (Å²) < 4.78 is 1.15. The average molecular weight is 440 g/mol. The third kappa shape index (κ3) is 2.68. The number of carbonyl (C=O) groups excluding carboxylic acids is 1. The summed E-state index contributed by atoms with van der Waals surface area (Å²) in [5.41, 5.74) is 7.15. The van der Waals surface area contributed by atoms with E-state index in [1.54, 1.807) is 0 Å². The molecule has 2 aromatic carbocycles. The van der Waals surface area contributed by atoms with E-state index in [1.165, 1.54) is 27.8 Å². The molecule has 0 aromatic heterocycles. The van der Waals surface area contributed by atoms with Gasteiger partial charge in [-0.15, -0.1) is 0 Å². The molecule has 0 saturated heterocycles. The highest BCUT2D eigenvalue weighted by molar-refractivity contribution is 9.13. The van der Waals surface area contributed by atoms with Gasteiger partial charge < -0.3 is 0 Å². The Morgan fingerprint density at radius 1 is 0.583 bits per heavy atom. The molecule has 2 aliphatic carbocycles. The Kier molecular flexibility index (Phi) is 3.99. The van der Waals surface area contributed by atoms with Crippen LogP contribution >= 0.6 is 31.9 Å². The maximum Gasteiger partial charge on any atom is 0.206 e. The Bertz CT molecular complexity index is 886. The first-order valence-corrected chi connectivity index (χ1v) is 9.14. The predicted molar refractivity (Wildman–Crippen MR) is 106 cm³/mol. The van der Waals surface area contributed by atoms with E-state index in [0.29, 0.717) is 8.96 Å². The van der Waals surface area contributed by atoms with Crippen molar-refractivity contribution in [2.75, 3.05) is 0 Å². The molecule has 0 N–H and O–H groups in total. The normalized spacial score (nSPS) is 17.0. The molecule has 3 heteroatoms. The minimum absolute atomic E-state index is 0.0254. The molecule has 0 amide bonds. The van der Waals surface area contributed by atoms with E-state index in [-0.39, 0.29) is 5.78 Å². The van der Waals surface area contributed by atoms with E-state index in [1.807, 2.05) is 48.6 Å². The van der Waals surface area contributed by atoms with E-state index in [0.717, 1.165) is 5.57 Å². The van der Waals surface area contributed by atoms with E-state index >= 15 is 0 Å². The van der Waals surface area contributed by atoms with Crippen molar-refractivity contribution in [3.63, 3.8) is 0 Å². The summed E-state index contributed by atoms with van der Waals surface area (Å²) in [6.07, 6.45) is 3.81. The quantitative estimate of drug-likeness (QED) is 0.556. The lowest BCUT2D eigenvalue weighted by atomic mass is 10.0. The van der Waals surface area contributed by atoms with Crippen LogP contribution in [0.25, 0.3) is 11.1 Å². The number of hydrogen-bond acceptors (Lipinski definition) is 1. The summed E-state index contributed by atoms with van der Waals surface area (Å²) in [6, 6.07) is 20.7. The summed E-state index contributed by atoms with van der Waals surface area (Å²) in [4.78, 5) is 12.0. The van der Waals surface area contributed by atoms with E-state index in [4.69, 9.17) is 0 Å². The smallest absolute Gasteiger partial charge is 0.206 e. The molecule has 0 radical (unpaired) electrons. The monoisotopic (exact) mass is 438 g/mol. The van der Waals surface area contributed by atoms with Crippen LogP contribution in [0, 0.1) is 0 Å². The van der Waals surface area contributed by atoms with Crippen molar-refractivity contribution in [2.24, 2.45) is 0 Å². The van der Waals surface area contributed by atoms with Crippen LogP contribution in [0.3, 0.4) is 0 Å². The minimum Gasteiger partial charge on any atom is -0.287 e. The van der Waals surface area contributed by atoms with Crippen LogP contribution in [-0.4, -0.2) is 5.78 Å². The largest absolute Gasteiger partial charge is 0.287 e. The van der Waals surface area contributed by atoms with Crippen molar-refractivity contribution in [2.45, 2.75) is 0 Å². The second-order valence-electron chi connectivity index (χ2n) is 5.63. The average Bonchev–Trinajstić information content (AvgIpc) is 3.36. The van der Waals surface area contributed by atoms with Gasteiger partial charge in [0.1, 0.15) is 0 Å². The Morgan fingerprint density at radius 2 is 1.00 bits per heavy atom. The number of rotatable bonds is 2. The molecule has 116 valence electrons. The summed E-state index contributed by atoms with van der Waals surface area (Å²) >= 11 is 6.74. The number of allylic oxidation sites excluding steroid dienone is 8. The summed E-state index contributed by atoms with van der Waals surface area (Å²) in [5, 5.41) is 0. The van der Waals surface area contributed by atoms with Crippen LogP contribution in [-0.2, 0) is 4.79 Å². The maximum atomic E-state index is 12.0. The second kappa shape index (κ2) is 6.15. The molecule has 0 heterocycles. The van der Waals surface area contributed by atoms with Crippen molar-refractivity contribution in [1.29, 1.82) is 0 Å². The molecule has 0 spiro atoms. The standard InChI is InChI=1S/C21H12Br2O/c22-16-11-15(12-17(23)21(16)24)20-18(13-7-3-1-4-8-13)19(20)14-9-5-2-6-10-14/h1-12H. The molecule has 0 aliphatic heterocycles. The minimum atomic E-state index is -0.0254. The van der Waals surface area contributed by atoms with Crippen LogP contribution in [0.2, 0.25) is 0 Å². The summed E-state index contributed by atoms with van der Waals surface area (Å²) in [6.45, 7) is 0. The molecule has 2 aromatic rings. The van der Waals surface area contributed by atoms with Gasteiger partial charge in [0.15, 0.2) is 0 Å². The zero-order valence-electron chi connectivity index (χ0n) is 12.6. The van der Waals surface area contributed by atoms with Gasteiger partial charge in [0.2, 0.25) is 5.78 Å². The Morgan fingerprint density at radius 3 is 1.42 bits per heavy atom. The van der Waals surface area contributed by atoms with Crippen LogP contribution in [0.1, 0.15) is 11.1 Å². The fourth-order valence-electron chi connectivity index (χ4n) is 2.97. The second-order valence-corrected chi connectivity index (χ2v) is 7.33. The molecule has 4 rings (SSSR count). The molecule has 0 unspecified atom stereocenters. The van der Waals surface area contributed by atoms with E-state index in [9.17, 15) is 4.79 Å². The third-order valence-electron chi connectivity index (χ3n) is 4.10. The van der Waals surface area contributed by atoms with Crippen molar-refractivity contribution >= 4 is 48.8 Å². The van der Waals surface area contributed by atoms with E-state index < -0.39 is 0 Å². The first-order chi connectivity index (χ1) is 11.7. The number of carbonyl (C=O) groups is 1. The topological polar surface area (TPSA) is 17.1 Å². The number of halogens is 2. The Hall–Kier alpha value is -1.97. The number of ketones is 1. The van der Waals surface area contributed by atoms with Crippen molar-refractivity contribution in [1.82, 2.24) is 0 Å². The third-order valence-corrected chi connectivity index (χ3v) is 5.28. The fourth-order valence-corrected chi connectivity index (χ4v) is 4.15. The van der Waals surface area contributed by atoms with Gasteiger partial charge in [-0.2, -0.15) is 0 Å². The van der Waals surface area contributed by atoms with Crippen molar-refractivity contribution in [3.8, 4) is 0 Å². The molecular weight excluding hydrogens is 428 g/mol. The SMILES string of the molecule is O=C1C(Br)=CC(=C2C(c3ccccc3)=C2c2ccccc2)C=C1Br. The highest BCUT2D eigenvalue weighted by Crippen LogP contribution is 2.55. The fraction of sp³-hybridized carbons (Fsp3) is 0. The molecule has 2 aliphatic rings. The van der Waals surface area contributed by atoms with Gasteiger partial charge in [0.25, 0.3) is 0 Å². The van der Waals surface area contributed by atoms with Crippen LogP contribution in [0.4, 0.5) is 0 Å². The van der Waals surface area contributed by atoms with Crippen LogP contribution < -0.4 is 0 Å². The van der Waals surface area contributed by atoms with Gasteiger partial charge in [-0.3, -0.25) is 4.79 Å². The zero-order chi connectivity index (χ0) is 16.7. The molecule has 1 nitrogen and oxygen atoms in total. The molecule has 24 heavy (non-hydrogen) atoms. The van der Waals surface area contributed by atoms with E-state index in [2.05, 4.69) is 56.1 Å². The lowest BCUT2D eigenvalue weighted by molar-refractivity contribution is -0.110. The lowest BCUT2D eigenvalue weighted by Crippen LogP contribution is -2.02. The molecule has 0 fully saturated rings. The molecule has 0 saturated carbocycles. The van der Waals surface area contributed by atoms with Crippen LogP contribution in [0.15, 0.2) is 92.9 Å². The Labute approximate surface area is 157 Å². The zero-order valence-corrected chi connectivity index (χ0v) is 15.8. The number of Topliss-reactive ketones (excluding diaryl/α,β-unsaturated/α-hetero) is 1. The first kappa shape index (κ1) is 15.6. The van der Waals surface area contributed by atoms with Gasteiger partial charge in [-0.1, -0.05) is 60.7 Å². The van der Waals surface area contributed by atoms with Crippen molar-refractivity contribution in [3.05, 3.63) is 104 Å². The van der Waals surface area contributed by atoms with Gasteiger partial charge >= 0.3 is 0 Å². The lowest BCUT2D eigenvalue weighted by Gasteiger charge is -2.07. The first-order valence-electron chi connectivity index (χ1n) is 7.56. The van der Waals surface area contributed by atoms with Crippen LogP contribution in [0.5, 0.6) is 0 Å². The summed E-state index contributed by atoms with van der Waals surface area (Å²) in [5.74, 6) is -0.0254. The molecular formula is C21H12Br2O. The molecule has 0 atom stereocenters. The summed E-state index contributed by atoms with van der Waals surface area (Å²) in [7, 11) is 0. The number of benzene rings is 2. The highest BCUT2D eigenvalue weighted by atomic mass is 79.9. The van der Waals surface area contributed by atoms with Gasteiger partial charge in [-0.25, -0.2) is 0 Å². The van der Waals surface area contributed by atoms with Gasteiger partial charge in [0, 0.05) is 0 Å². The maximum absolute atomic E-state index is 12.0. The Balaban J connectivity index is 1.89. The predicted octanol–water partition coefficient (Wildman–Crippen LogP) is 6.05. The number of hydrogen-bond donors (Lipinski definition) is 0. The highest BCUT2D eigenvalue weighted by Gasteiger charge is 2.35.